The number of hydrogen-bond donors (Lipinski definition) is 4. The lowest BCUT2D eigenvalue weighted by molar-refractivity contribution is -0.181. The van der Waals surface area contributed by atoms with Gasteiger partial charge in [0, 0.05) is 29.6 Å². The van der Waals surface area contributed by atoms with Gasteiger partial charge in [0.15, 0.2) is 34.7 Å². The highest BCUT2D eigenvalue weighted by molar-refractivity contribution is 6.32. The van der Waals surface area contributed by atoms with Gasteiger partial charge in [-0.15, -0.1) is 0 Å². The summed E-state index contributed by atoms with van der Waals surface area (Å²) in [6, 6.07) is 2.75. The minimum atomic E-state index is -2.75. The predicted molar refractivity (Wildman–Crippen MR) is 148 cm³/mol. The van der Waals surface area contributed by atoms with E-state index in [0.29, 0.717) is 34.8 Å². The van der Waals surface area contributed by atoms with E-state index >= 15 is 0 Å². The molecule has 5 N–H and O–H groups in total. The fourth-order valence-corrected chi connectivity index (χ4v) is 7.92. The van der Waals surface area contributed by atoms with Crippen LogP contribution in [0.3, 0.4) is 0 Å². The number of aliphatic hydroxyl groups is 1. The maximum atomic E-state index is 14.2. The van der Waals surface area contributed by atoms with Crippen molar-refractivity contribution in [3.05, 3.63) is 41.3 Å². The molecule has 3 fully saturated rings. The van der Waals surface area contributed by atoms with Crippen molar-refractivity contribution in [1.82, 2.24) is 10.2 Å². The molecule has 6 rings (SSSR count). The van der Waals surface area contributed by atoms with Crippen molar-refractivity contribution in [2.24, 2.45) is 29.4 Å². The number of furan rings is 1. The van der Waals surface area contributed by atoms with Crippen molar-refractivity contribution in [3.8, 4) is 16.9 Å². The van der Waals surface area contributed by atoms with Gasteiger partial charge in [-0.1, -0.05) is 12.8 Å². The third-order valence-electron chi connectivity index (χ3n) is 9.91. The van der Waals surface area contributed by atoms with Crippen LogP contribution in [0.4, 0.5) is 0 Å². The van der Waals surface area contributed by atoms with Crippen LogP contribution < -0.4 is 11.1 Å². The molecule has 11 heteroatoms. The van der Waals surface area contributed by atoms with Crippen LogP contribution in [-0.2, 0) is 32.1 Å². The van der Waals surface area contributed by atoms with Crippen molar-refractivity contribution in [1.29, 1.82) is 0 Å². The molecule has 222 valence electrons. The number of ketones is 4. The number of carbonyl (C=O) groups is 5. The van der Waals surface area contributed by atoms with Crippen molar-refractivity contribution in [2.45, 2.75) is 62.8 Å². The van der Waals surface area contributed by atoms with Crippen molar-refractivity contribution in [2.75, 3.05) is 14.1 Å². The van der Waals surface area contributed by atoms with Gasteiger partial charge in [-0.2, -0.15) is 0 Å². The maximum absolute atomic E-state index is 14.2. The normalized spacial score (nSPS) is 31.3. The summed E-state index contributed by atoms with van der Waals surface area (Å²) in [5.41, 5.74) is 5.07. The van der Waals surface area contributed by atoms with E-state index in [0.717, 1.165) is 25.7 Å². The van der Waals surface area contributed by atoms with Crippen LogP contribution in [-0.4, -0.2) is 75.9 Å². The van der Waals surface area contributed by atoms with Crippen LogP contribution in [0.25, 0.3) is 11.1 Å². The Bertz CT molecular complexity index is 1490. The number of phenols is 1. The number of phenolic OH excluding ortho intramolecular Hbond substituents is 1. The Morgan fingerprint density at radius 3 is 2.50 bits per heavy atom. The highest BCUT2D eigenvalue weighted by atomic mass is 16.3. The Labute approximate surface area is 242 Å². The number of Topliss-reactive ketones (excluding diaryl/α,β-unsaturated/α-hetero) is 4. The molecule has 4 aliphatic carbocycles. The number of primary amides is 1. The van der Waals surface area contributed by atoms with E-state index in [1.807, 2.05) is 6.07 Å². The lowest BCUT2D eigenvalue weighted by Gasteiger charge is -2.52. The minimum Gasteiger partial charge on any atom is -0.507 e. The number of nitrogens with zero attached hydrogens (tertiary/aromatic N) is 1. The van der Waals surface area contributed by atoms with E-state index in [9.17, 15) is 34.2 Å². The van der Waals surface area contributed by atoms with Crippen molar-refractivity contribution < 1.29 is 38.6 Å². The van der Waals surface area contributed by atoms with E-state index < -0.39 is 64.4 Å². The van der Waals surface area contributed by atoms with E-state index in [4.69, 9.17) is 10.2 Å². The molecule has 1 heterocycles. The van der Waals surface area contributed by atoms with Gasteiger partial charge in [-0.05, 0) is 69.0 Å². The number of likely N-dealkylation sites (N-methyl/N-ethyl adjacent to an activating group) is 1. The second kappa shape index (κ2) is 10.3. The molecule has 42 heavy (non-hydrogen) atoms. The molecule has 0 bridgehead atoms. The number of nitrogens with one attached hydrogen (secondary N) is 1. The van der Waals surface area contributed by atoms with E-state index in [2.05, 4.69) is 5.32 Å². The Balaban J connectivity index is 1.46. The van der Waals surface area contributed by atoms with Crippen LogP contribution in [0.2, 0.25) is 0 Å². The third kappa shape index (κ3) is 4.09. The quantitative estimate of drug-likeness (QED) is 0.364. The van der Waals surface area contributed by atoms with Gasteiger partial charge in [-0.25, -0.2) is 0 Å². The average molecular weight is 578 g/mol. The first-order valence-electron chi connectivity index (χ1n) is 14.4. The zero-order chi connectivity index (χ0) is 30.1. The number of carbonyl (C=O) groups excluding carboxylic acids is 5. The zero-order valence-electron chi connectivity index (χ0n) is 23.6. The highest BCUT2D eigenvalue weighted by Gasteiger charge is 2.69. The van der Waals surface area contributed by atoms with Gasteiger partial charge >= 0.3 is 0 Å². The Morgan fingerprint density at radius 1 is 1.17 bits per heavy atom. The molecule has 4 aliphatic rings. The molecular formula is C31H35N3O8. The SMILES string of the molecule is CN(C)C1C(=O)C(C(N)=O)C(=O)[C@@]2(O)C(=O)C3C(=O)c4c(O)c(CNC5CCCC5)cc(-c5ccoc5)c4C[C@H]3C[C@@H]12. The van der Waals surface area contributed by atoms with E-state index in [1.165, 1.54) is 11.2 Å². The van der Waals surface area contributed by atoms with Crippen LogP contribution in [0.5, 0.6) is 5.75 Å². The lowest BCUT2D eigenvalue weighted by Crippen LogP contribution is -2.74. The molecule has 2 aromatic rings. The number of benzene rings is 1. The summed E-state index contributed by atoms with van der Waals surface area (Å²) in [6.45, 7) is 0.307. The molecule has 1 aromatic carbocycles. The van der Waals surface area contributed by atoms with Gasteiger partial charge < -0.3 is 25.7 Å². The van der Waals surface area contributed by atoms with Crippen LogP contribution in [0, 0.1) is 23.7 Å². The minimum absolute atomic E-state index is 0.000467. The fraction of sp³-hybridized carbons (Fsp3) is 0.516. The summed E-state index contributed by atoms with van der Waals surface area (Å²) in [7, 11) is 3.12. The number of nitrogens with two attached hydrogens (primary N) is 1. The van der Waals surface area contributed by atoms with Crippen LogP contribution >= 0.6 is 0 Å². The first-order valence-corrected chi connectivity index (χ1v) is 14.4. The lowest BCUT2D eigenvalue weighted by atomic mass is 9.52. The topological polar surface area (TPSA) is 180 Å². The molecule has 0 saturated heterocycles. The summed E-state index contributed by atoms with van der Waals surface area (Å²) in [4.78, 5) is 68.8. The molecule has 0 aliphatic heterocycles. The summed E-state index contributed by atoms with van der Waals surface area (Å²) in [6.07, 6.45) is 7.54. The van der Waals surface area contributed by atoms with E-state index in [-0.39, 0.29) is 24.2 Å². The molecule has 0 radical (unpaired) electrons. The summed E-state index contributed by atoms with van der Waals surface area (Å²) in [5.74, 6) is -10.5. The number of fused-ring (bicyclic) bond motifs is 3. The standard InChI is InChI=1S/C31H35N3O8/c1-34(2)24-20-11-15-9-19-18(14-7-8-42-13-14)10-16(12-33-17-5-3-4-6-17)25(35)22(19)26(36)21(15)28(38)31(20,41)29(39)23(27(24)37)30(32)40/h7-8,10,13,15,17,20-21,23-24,33,35,41H,3-6,9,11-12H2,1-2H3,(H2,32,40)/t15-,20-,21?,23?,24?,31-/m0/s1. The molecule has 3 saturated carbocycles. The van der Waals surface area contributed by atoms with Crippen LogP contribution in [0.15, 0.2) is 29.1 Å². The molecule has 3 unspecified atom stereocenters. The molecule has 11 nitrogen and oxygen atoms in total. The summed E-state index contributed by atoms with van der Waals surface area (Å²) in [5, 5.41) is 26.7. The smallest absolute Gasteiger partial charge is 0.235 e. The molecule has 6 atom stereocenters. The number of rotatable bonds is 6. The number of hydrogen-bond acceptors (Lipinski definition) is 10. The second-order valence-corrected chi connectivity index (χ2v) is 12.4. The first-order chi connectivity index (χ1) is 20.0. The predicted octanol–water partition coefficient (Wildman–Crippen LogP) is 1.16. The maximum Gasteiger partial charge on any atom is 0.235 e. The number of amides is 1. The Morgan fingerprint density at radius 2 is 1.88 bits per heavy atom. The van der Waals surface area contributed by atoms with Gasteiger partial charge in [-0.3, -0.25) is 28.9 Å². The Kier molecular flexibility index (Phi) is 6.94. The highest BCUT2D eigenvalue weighted by Crippen LogP contribution is 2.52. The molecule has 1 amide bonds. The molecule has 0 spiro atoms. The van der Waals surface area contributed by atoms with Crippen molar-refractivity contribution >= 4 is 29.0 Å². The average Bonchev–Trinajstić information content (AvgIpc) is 3.65. The van der Waals surface area contributed by atoms with Crippen molar-refractivity contribution in [3.63, 3.8) is 0 Å². The fourth-order valence-electron chi connectivity index (χ4n) is 7.92. The van der Waals surface area contributed by atoms with Gasteiger partial charge in [0.05, 0.1) is 30.0 Å². The van der Waals surface area contributed by atoms with Crippen LogP contribution in [0.1, 0.15) is 53.6 Å². The van der Waals surface area contributed by atoms with Gasteiger partial charge in [0.2, 0.25) is 5.91 Å². The largest absolute Gasteiger partial charge is 0.507 e. The zero-order valence-corrected chi connectivity index (χ0v) is 23.6. The second-order valence-electron chi connectivity index (χ2n) is 12.4. The third-order valence-corrected chi connectivity index (χ3v) is 9.91. The van der Waals surface area contributed by atoms with E-state index in [1.54, 1.807) is 26.4 Å². The summed E-state index contributed by atoms with van der Waals surface area (Å²) >= 11 is 0. The molecular weight excluding hydrogens is 542 g/mol. The Hall–Kier alpha value is -3.67. The van der Waals surface area contributed by atoms with Gasteiger partial charge in [0.1, 0.15) is 5.75 Å². The number of aromatic hydroxyl groups is 1. The first kappa shape index (κ1) is 28.4. The summed E-state index contributed by atoms with van der Waals surface area (Å²) < 4.78 is 5.33. The van der Waals surface area contributed by atoms with Gasteiger partial charge in [0.25, 0.3) is 0 Å². The monoisotopic (exact) mass is 577 g/mol. The molecule has 1 aromatic heterocycles.